The molecule has 2 aromatic rings. The molecular formula is C14H10ClFN2. The molecular weight excluding hydrogens is 251 g/mol. The lowest BCUT2D eigenvalue weighted by molar-refractivity contribution is 0.627. The van der Waals surface area contributed by atoms with Crippen molar-refractivity contribution in [3.05, 3.63) is 58.4 Å². The average Bonchev–Trinajstić information content (AvgIpc) is 2.34. The van der Waals surface area contributed by atoms with Gasteiger partial charge < -0.3 is 5.32 Å². The van der Waals surface area contributed by atoms with Gasteiger partial charge >= 0.3 is 0 Å². The molecule has 1 N–H and O–H groups in total. The summed E-state index contributed by atoms with van der Waals surface area (Å²) in [7, 11) is 0. The second-order valence-electron chi connectivity index (χ2n) is 3.89. The molecule has 2 nitrogen and oxygen atoms in total. The van der Waals surface area contributed by atoms with Gasteiger partial charge in [-0.2, -0.15) is 5.26 Å². The Morgan fingerprint density at radius 3 is 2.50 bits per heavy atom. The van der Waals surface area contributed by atoms with E-state index in [-0.39, 0.29) is 5.82 Å². The molecule has 0 aromatic heterocycles. The minimum atomic E-state index is -0.274. The van der Waals surface area contributed by atoms with Gasteiger partial charge in [0.1, 0.15) is 5.82 Å². The van der Waals surface area contributed by atoms with Gasteiger partial charge in [-0.3, -0.25) is 0 Å². The molecule has 4 heteroatoms. The third-order valence-electron chi connectivity index (χ3n) is 2.56. The highest BCUT2D eigenvalue weighted by atomic mass is 35.5. The van der Waals surface area contributed by atoms with Gasteiger partial charge in [0.15, 0.2) is 0 Å². The molecule has 0 unspecified atom stereocenters. The van der Waals surface area contributed by atoms with E-state index in [0.29, 0.717) is 16.3 Å². The summed E-state index contributed by atoms with van der Waals surface area (Å²) in [5.74, 6) is -0.274. The van der Waals surface area contributed by atoms with Crippen LogP contribution in [0, 0.1) is 24.1 Å². The smallest absolute Gasteiger partial charge is 0.123 e. The Labute approximate surface area is 110 Å². The molecule has 18 heavy (non-hydrogen) atoms. The first-order valence-electron chi connectivity index (χ1n) is 5.33. The van der Waals surface area contributed by atoms with Gasteiger partial charge in [-0.05, 0) is 48.9 Å². The van der Waals surface area contributed by atoms with Crippen LogP contribution in [0.3, 0.4) is 0 Å². The minimum Gasteiger partial charge on any atom is -0.354 e. The van der Waals surface area contributed by atoms with Crippen LogP contribution in [0.15, 0.2) is 36.4 Å². The number of nitrogens with one attached hydrogen (secondary N) is 1. The molecule has 0 aliphatic rings. The topological polar surface area (TPSA) is 35.8 Å². The van der Waals surface area contributed by atoms with Crippen molar-refractivity contribution in [1.82, 2.24) is 0 Å². The predicted octanol–water partition coefficient (Wildman–Crippen LogP) is 4.40. The maximum atomic E-state index is 13.0. The molecule has 0 radical (unpaired) electrons. The van der Waals surface area contributed by atoms with Crippen LogP contribution >= 0.6 is 11.6 Å². The number of hydrogen-bond acceptors (Lipinski definition) is 2. The number of nitrogens with zero attached hydrogens (tertiary/aromatic N) is 1. The molecule has 0 spiro atoms. The summed E-state index contributed by atoms with van der Waals surface area (Å²) < 4.78 is 13.0. The van der Waals surface area contributed by atoms with Crippen molar-refractivity contribution in [2.75, 3.05) is 5.32 Å². The summed E-state index contributed by atoms with van der Waals surface area (Å²) in [5.41, 5.74) is 2.75. The monoisotopic (exact) mass is 260 g/mol. The van der Waals surface area contributed by atoms with Crippen LogP contribution in [0.25, 0.3) is 0 Å². The highest BCUT2D eigenvalue weighted by Crippen LogP contribution is 2.28. The van der Waals surface area contributed by atoms with E-state index in [1.807, 2.05) is 13.0 Å². The number of hydrogen-bond donors (Lipinski definition) is 1. The van der Waals surface area contributed by atoms with E-state index >= 15 is 0 Å². The van der Waals surface area contributed by atoms with Gasteiger partial charge in [0.05, 0.1) is 22.3 Å². The Balaban J connectivity index is 2.32. The second kappa shape index (κ2) is 5.07. The van der Waals surface area contributed by atoms with Crippen molar-refractivity contribution in [2.45, 2.75) is 6.92 Å². The molecule has 0 aliphatic carbocycles. The van der Waals surface area contributed by atoms with E-state index in [2.05, 4.69) is 5.32 Å². The van der Waals surface area contributed by atoms with Crippen LogP contribution in [0.5, 0.6) is 0 Å². The summed E-state index contributed by atoms with van der Waals surface area (Å²) in [4.78, 5) is 0. The molecule has 0 saturated carbocycles. The quantitative estimate of drug-likeness (QED) is 0.869. The fraction of sp³-hybridized carbons (Fsp3) is 0.0714. The lowest BCUT2D eigenvalue weighted by atomic mass is 10.1. The molecule has 0 atom stereocenters. The summed E-state index contributed by atoms with van der Waals surface area (Å²) in [6, 6.07) is 11.5. The number of halogens is 2. The van der Waals surface area contributed by atoms with Gasteiger partial charge in [0.2, 0.25) is 0 Å². The molecule has 0 fully saturated rings. The fourth-order valence-corrected chi connectivity index (χ4v) is 1.83. The lowest BCUT2D eigenvalue weighted by Gasteiger charge is -2.11. The molecule has 0 heterocycles. The molecule has 0 saturated heterocycles. The van der Waals surface area contributed by atoms with E-state index in [1.165, 1.54) is 12.1 Å². The number of aryl methyl sites for hydroxylation is 1. The molecule has 0 amide bonds. The first-order valence-corrected chi connectivity index (χ1v) is 5.71. The number of rotatable bonds is 2. The van der Waals surface area contributed by atoms with Crippen molar-refractivity contribution < 1.29 is 4.39 Å². The van der Waals surface area contributed by atoms with Crippen molar-refractivity contribution in [2.24, 2.45) is 0 Å². The van der Waals surface area contributed by atoms with E-state index < -0.39 is 0 Å². The van der Waals surface area contributed by atoms with Crippen LogP contribution in [-0.4, -0.2) is 0 Å². The molecule has 0 aliphatic heterocycles. The zero-order chi connectivity index (χ0) is 13.1. The Hall–Kier alpha value is -2.05. The second-order valence-corrected chi connectivity index (χ2v) is 4.30. The van der Waals surface area contributed by atoms with Crippen LogP contribution in [0.4, 0.5) is 15.8 Å². The third kappa shape index (κ3) is 2.61. The van der Waals surface area contributed by atoms with Crippen LogP contribution in [0.2, 0.25) is 5.02 Å². The largest absolute Gasteiger partial charge is 0.354 e. The van der Waals surface area contributed by atoms with Gasteiger partial charge in [0.25, 0.3) is 0 Å². The van der Waals surface area contributed by atoms with E-state index in [1.54, 1.807) is 24.3 Å². The average molecular weight is 261 g/mol. The zero-order valence-electron chi connectivity index (χ0n) is 9.67. The van der Waals surface area contributed by atoms with Gasteiger partial charge in [-0.1, -0.05) is 11.6 Å². The molecule has 0 bridgehead atoms. The summed E-state index contributed by atoms with van der Waals surface area (Å²) in [5, 5.41) is 12.3. The SMILES string of the molecule is Cc1cc(F)ccc1Nc1ccc(C#N)cc1Cl. The van der Waals surface area contributed by atoms with Crippen LogP contribution < -0.4 is 5.32 Å². The summed E-state index contributed by atoms with van der Waals surface area (Å²) in [6.45, 7) is 1.81. The summed E-state index contributed by atoms with van der Waals surface area (Å²) in [6.07, 6.45) is 0. The number of anilines is 2. The normalized spacial score (nSPS) is 9.89. The lowest BCUT2D eigenvalue weighted by Crippen LogP contribution is -1.94. The first-order chi connectivity index (χ1) is 8.60. The van der Waals surface area contributed by atoms with Gasteiger partial charge in [-0.25, -0.2) is 4.39 Å². The molecule has 2 aromatic carbocycles. The first kappa shape index (κ1) is 12.4. The number of benzene rings is 2. The van der Waals surface area contributed by atoms with Crippen molar-refractivity contribution in [3.63, 3.8) is 0 Å². The number of nitriles is 1. The maximum absolute atomic E-state index is 13.0. The third-order valence-corrected chi connectivity index (χ3v) is 2.87. The standard InChI is InChI=1S/C14H10ClFN2/c1-9-6-11(16)3-5-13(9)18-14-4-2-10(8-17)7-12(14)15/h2-7,18H,1H3. The van der Waals surface area contributed by atoms with E-state index in [4.69, 9.17) is 16.9 Å². The van der Waals surface area contributed by atoms with E-state index in [0.717, 1.165) is 11.3 Å². The Morgan fingerprint density at radius 1 is 1.17 bits per heavy atom. The summed E-state index contributed by atoms with van der Waals surface area (Å²) >= 11 is 6.05. The van der Waals surface area contributed by atoms with Crippen molar-refractivity contribution in [3.8, 4) is 6.07 Å². The Kier molecular flexibility index (Phi) is 3.50. The van der Waals surface area contributed by atoms with Gasteiger partial charge in [-0.15, -0.1) is 0 Å². The zero-order valence-corrected chi connectivity index (χ0v) is 10.4. The Bertz CT molecular complexity index is 632. The van der Waals surface area contributed by atoms with Crippen molar-refractivity contribution in [1.29, 1.82) is 5.26 Å². The highest BCUT2D eigenvalue weighted by molar-refractivity contribution is 6.33. The van der Waals surface area contributed by atoms with E-state index in [9.17, 15) is 4.39 Å². The predicted molar refractivity (Wildman–Crippen MR) is 70.6 cm³/mol. The van der Waals surface area contributed by atoms with Crippen LogP contribution in [0.1, 0.15) is 11.1 Å². The minimum absolute atomic E-state index is 0.274. The molecule has 2 rings (SSSR count). The maximum Gasteiger partial charge on any atom is 0.123 e. The molecule has 90 valence electrons. The Morgan fingerprint density at radius 2 is 1.89 bits per heavy atom. The fourth-order valence-electron chi connectivity index (χ4n) is 1.60. The van der Waals surface area contributed by atoms with Crippen LogP contribution in [-0.2, 0) is 0 Å². The van der Waals surface area contributed by atoms with Gasteiger partial charge in [0, 0.05) is 5.69 Å². The van der Waals surface area contributed by atoms with Crippen molar-refractivity contribution >= 4 is 23.0 Å². The highest BCUT2D eigenvalue weighted by Gasteiger charge is 2.05.